The van der Waals surface area contributed by atoms with E-state index in [1.807, 2.05) is 0 Å². The van der Waals surface area contributed by atoms with Crippen LogP contribution < -0.4 is 11.5 Å². The summed E-state index contributed by atoms with van der Waals surface area (Å²) in [6, 6.07) is 4.71. The van der Waals surface area contributed by atoms with Gasteiger partial charge in [0.15, 0.2) is 0 Å². The van der Waals surface area contributed by atoms with Gasteiger partial charge in [0.25, 0.3) is 0 Å². The first-order chi connectivity index (χ1) is 10.3. The summed E-state index contributed by atoms with van der Waals surface area (Å²) in [5.41, 5.74) is 12.9. The first-order valence-electron chi connectivity index (χ1n) is 6.63. The highest BCUT2D eigenvalue weighted by Gasteiger charge is 2.20. The maximum Gasteiger partial charge on any atom is 0.249 e. The minimum absolute atomic E-state index is 0.154. The van der Waals surface area contributed by atoms with Crippen LogP contribution in [0, 0.1) is 18.6 Å². The molecule has 0 unspecified atom stereocenters. The molecule has 0 aliphatic rings. The van der Waals surface area contributed by atoms with E-state index in [2.05, 4.69) is 0 Å². The van der Waals surface area contributed by atoms with Crippen molar-refractivity contribution in [1.29, 1.82) is 0 Å². The van der Waals surface area contributed by atoms with Gasteiger partial charge in [0, 0.05) is 11.1 Å². The normalized spacial score (nSPS) is 10.8. The number of halogens is 3. The van der Waals surface area contributed by atoms with E-state index in [1.54, 1.807) is 13.0 Å². The van der Waals surface area contributed by atoms with Crippen molar-refractivity contribution in [2.24, 2.45) is 11.5 Å². The number of carbonyl (C=O) groups excluding carboxylic acids is 1. The summed E-state index contributed by atoms with van der Waals surface area (Å²) in [5, 5.41) is 0.359. The number of carbonyl (C=O) groups is 1. The second-order valence-electron chi connectivity index (χ2n) is 4.95. The molecule has 0 heterocycles. The topological polar surface area (TPSA) is 69.1 Å². The third kappa shape index (κ3) is 3.10. The molecule has 0 saturated heterocycles. The molecule has 0 spiro atoms. The second kappa shape index (κ2) is 6.42. The third-order valence-electron chi connectivity index (χ3n) is 3.42. The van der Waals surface area contributed by atoms with Crippen LogP contribution in [0.15, 0.2) is 24.3 Å². The van der Waals surface area contributed by atoms with Crippen molar-refractivity contribution in [1.82, 2.24) is 0 Å². The van der Waals surface area contributed by atoms with Gasteiger partial charge in [-0.3, -0.25) is 4.79 Å². The van der Waals surface area contributed by atoms with Crippen LogP contribution in [0.4, 0.5) is 8.78 Å². The molecule has 1 amide bonds. The molecule has 0 fully saturated rings. The van der Waals surface area contributed by atoms with Gasteiger partial charge in [-0.1, -0.05) is 11.6 Å². The summed E-state index contributed by atoms with van der Waals surface area (Å²) < 4.78 is 27.1. The number of hydrogen-bond acceptors (Lipinski definition) is 2. The third-order valence-corrected chi connectivity index (χ3v) is 3.81. The highest BCUT2D eigenvalue weighted by atomic mass is 35.5. The molecule has 0 atom stereocenters. The number of rotatable bonds is 4. The first kappa shape index (κ1) is 16.4. The van der Waals surface area contributed by atoms with Crippen LogP contribution in [-0.2, 0) is 6.42 Å². The predicted molar refractivity (Wildman–Crippen MR) is 82.8 cm³/mol. The smallest absolute Gasteiger partial charge is 0.249 e. The number of nitrogens with two attached hydrogens (primary N) is 2. The summed E-state index contributed by atoms with van der Waals surface area (Å²) >= 11 is 6.12. The van der Waals surface area contributed by atoms with Gasteiger partial charge < -0.3 is 11.5 Å². The molecule has 0 aliphatic heterocycles. The number of primary amides is 1. The molecular weight excluding hydrogens is 310 g/mol. The van der Waals surface area contributed by atoms with Crippen molar-refractivity contribution >= 4 is 17.5 Å². The molecular formula is C16H15ClF2N2O. The largest absolute Gasteiger partial charge is 0.366 e. The fourth-order valence-corrected chi connectivity index (χ4v) is 2.72. The summed E-state index contributed by atoms with van der Waals surface area (Å²) in [7, 11) is 0. The van der Waals surface area contributed by atoms with E-state index in [9.17, 15) is 13.6 Å². The monoisotopic (exact) mass is 324 g/mol. The van der Waals surface area contributed by atoms with Gasteiger partial charge in [0.05, 0.1) is 5.56 Å². The Morgan fingerprint density at radius 2 is 1.77 bits per heavy atom. The average Bonchev–Trinajstić information content (AvgIpc) is 2.41. The van der Waals surface area contributed by atoms with Crippen LogP contribution in [0.1, 0.15) is 21.5 Å². The van der Waals surface area contributed by atoms with E-state index in [0.717, 1.165) is 18.2 Å². The molecule has 0 saturated carbocycles. The standard InChI is InChI=1S/C16H15ClF2N2O/c1-8-13(17)6-9(2-3-20)15(14(8)16(21)22)10-4-11(18)7-12(19)5-10/h4-7H,2-3,20H2,1H3,(H2,21,22). The molecule has 0 bridgehead atoms. The quantitative estimate of drug-likeness (QED) is 0.906. The van der Waals surface area contributed by atoms with Crippen LogP contribution in [0.2, 0.25) is 5.02 Å². The lowest BCUT2D eigenvalue weighted by molar-refractivity contribution is 0.1000. The Morgan fingerprint density at radius 1 is 1.18 bits per heavy atom. The second-order valence-corrected chi connectivity index (χ2v) is 5.36. The summed E-state index contributed by atoms with van der Waals surface area (Å²) in [6.45, 7) is 1.93. The molecule has 2 aromatic rings. The number of amides is 1. The minimum atomic E-state index is -0.739. The van der Waals surface area contributed by atoms with E-state index in [1.165, 1.54) is 0 Å². The molecule has 4 N–H and O–H groups in total. The van der Waals surface area contributed by atoms with Gasteiger partial charge in [-0.25, -0.2) is 8.78 Å². The lowest BCUT2D eigenvalue weighted by Gasteiger charge is -2.17. The minimum Gasteiger partial charge on any atom is -0.366 e. The molecule has 2 rings (SSSR count). The van der Waals surface area contributed by atoms with Crippen molar-refractivity contribution in [2.75, 3.05) is 6.54 Å². The first-order valence-corrected chi connectivity index (χ1v) is 7.01. The Labute approximate surface area is 131 Å². The lowest BCUT2D eigenvalue weighted by Crippen LogP contribution is -2.17. The van der Waals surface area contributed by atoms with Crippen molar-refractivity contribution < 1.29 is 13.6 Å². The van der Waals surface area contributed by atoms with Crippen LogP contribution >= 0.6 is 11.6 Å². The SMILES string of the molecule is Cc1c(Cl)cc(CCN)c(-c2cc(F)cc(F)c2)c1C(N)=O. The van der Waals surface area contributed by atoms with Crippen LogP contribution in [0.3, 0.4) is 0 Å². The van der Waals surface area contributed by atoms with Gasteiger partial charge in [-0.05, 0) is 60.3 Å². The predicted octanol–water partition coefficient (Wildman–Crippen LogP) is 3.19. The van der Waals surface area contributed by atoms with Gasteiger partial charge >= 0.3 is 0 Å². The van der Waals surface area contributed by atoms with Gasteiger partial charge in [0.1, 0.15) is 11.6 Å². The van der Waals surface area contributed by atoms with Crippen molar-refractivity contribution in [3.05, 3.63) is 57.6 Å². The molecule has 2 aromatic carbocycles. The van der Waals surface area contributed by atoms with Crippen molar-refractivity contribution in [3.63, 3.8) is 0 Å². The summed E-state index contributed by atoms with van der Waals surface area (Å²) in [6.07, 6.45) is 0.397. The highest BCUT2D eigenvalue weighted by Crippen LogP contribution is 2.35. The maximum absolute atomic E-state index is 13.5. The van der Waals surface area contributed by atoms with E-state index in [-0.39, 0.29) is 11.1 Å². The molecule has 0 radical (unpaired) electrons. The van der Waals surface area contributed by atoms with E-state index >= 15 is 0 Å². The highest BCUT2D eigenvalue weighted by molar-refractivity contribution is 6.32. The van der Waals surface area contributed by atoms with E-state index in [4.69, 9.17) is 23.1 Å². The summed E-state index contributed by atoms with van der Waals surface area (Å²) in [4.78, 5) is 11.8. The van der Waals surface area contributed by atoms with Gasteiger partial charge in [-0.2, -0.15) is 0 Å². The van der Waals surface area contributed by atoms with E-state index in [0.29, 0.717) is 34.7 Å². The zero-order valence-corrected chi connectivity index (χ0v) is 12.7. The van der Waals surface area contributed by atoms with E-state index < -0.39 is 17.5 Å². The van der Waals surface area contributed by atoms with Crippen LogP contribution in [0.25, 0.3) is 11.1 Å². The zero-order chi connectivity index (χ0) is 16.4. The Kier molecular flexibility index (Phi) is 4.78. The summed E-state index contributed by atoms with van der Waals surface area (Å²) in [5.74, 6) is -2.19. The molecule has 0 aliphatic carbocycles. The lowest BCUT2D eigenvalue weighted by atomic mass is 9.89. The maximum atomic E-state index is 13.5. The zero-order valence-electron chi connectivity index (χ0n) is 11.9. The fourth-order valence-electron chi connectivity index (χ4n) is 2.49. The fraction of sp³-hybridized carbons (Fsp3) is 0.188. The Bertz CT molecular complexity index is 727. The molecule has 3 nitrogen and oxygen atoms in total. The number of benzene rings is 2. The van der Waals surface area contributed by atoms with Crippen molar-refractivity contribution in [2.45, 2.75) is 13.3 Å². The Morgan fingerprint density at radius 3 is 2.27 bits per heavy atom. The number of hydrogen-bond donors (Lipinski definition) is 2. The molecule has 22 heavy (non-hydrogen) atoms. The van der Waals surface area contributed by atoms with Crippen LogP contribution in [-0.4, -0.2) is 12.5 Å². The van der Waals surface area contributed by atoms with Crippen LogP contribution in [0.5, 0.6) is 0 Å². The average molecular weight is 325 g/mol. The Balaban J connectivity index is 2.86. The molecule has 6 heteroatoms. The molecule has 0 aromatic heterocycles. The van der Waals surface area contributed by atoms with Crippen molar-refractivity contribution in [3.8, 4) is 11.1 Å². The van der Waals surface area contributed by atoms with Gasteiger partial charge in [0.2, 0.25) is 5.91 Å². The molecule has 116 valence electrons. The van der Waals surface area contributed by atoms with Gasteiger partial charge in [-0.15, -0.1) is 0 Å². The Hall–Kier alpha value is -1.98.